The molecular weight excluding hydrogens is 196 g/mol. The van der Waals surface area contributed by atoms with E-state index in [0.29, 0.717) is 5.92 Å². The van der Waals surface area contributed by atoms with Crippen LogP contribution in [-0.4, -0.2) is 31.6 Å². The lowest BCUT2D eigenvalue weighted by atomic mass is 10.1. The van der Waals surface area contributed by atoms with Gasteiger partial charge in [-0.2, -0.15) is 0 Å². The van der Waals surface area contributed by atoms with Crippen molar-refractivity contribution < 1.29 is 0 Å². The first kappa shape index (κ1) is 13.2. The molecule has 0 saturated carbocycles. The second-order valence-corrected chi connectivity index (χ2v) is 4.51. The molecule has 0 bridgehead atoms. The minimum Gasteiger partial charge on any atom is -0.330 e. The molecule has 1 aromatic rings. The number of nitrogens with zero attached hydrogens (tertiary/aromatic N) is 1. The molecule has 2 heteroatoms. The summed E-state index contributed by atoms with van der Waals surface area (Å²) in [6.07, 6.45) is 2.30. The summed E-state index contributed by atoms with van der Waals surface area (Å²) in [5, 5.41) is 0. The molecule has 1 rings (SSSR count). The zero-order chi connectivity index (χ0) is 11.8. The van der Waals surface area contributed by atoms with Crippen molar-refractivity contribution in [1.29, 1.82) is 0 Å². The van der Waals surface area contributed by atoms with Crippen LogP contribution in [0.25, 0.3) is 0 Å². The molecule has 0 amide bonds. The molecule has 0 aliphatic carbocycles. The Hall–Kier alpha value is -0.860. The molecule has 0 aliphatic rings. The molecule has 2 nitrogen and oxygen atoms in total. The zero-order valence-electron chi connectivity index (χ0n) is 10.5. The van der Waals surface area contributed by atoms with Gasteiger partial charge in [-0.3, -0.25) is 0 Å². The van der Waals surface area contributed by atoms with Crippen LogP contribution in [0.3, 0.4) is 0 Å². The second-order valence-electron chi connectivity index (χ2n) is 4.51. The summed E-state index contributed by atoms with van der Waals surface area (Å²) in [5.41, 5.74) is 7.12. The third kappa shape index (κ3) is 4.77. The van der Waals surface area contributed by atoms with Gasteiger partial charge in [0.25, 0.3) is 0 Å². The number of hydrogen-bond acceptors (Lipinski definition) is 2. The Morgan fingerprint density at radius 2 is 1.94 bits per heavy atom. The normalized spacial score (nSPS) is 13.0. The lowest BCUT2D eigenvalue weighted by Gasteiger charge is -2.22. The zero-order valence-corrected chi connectivity index (χ0v) is 10.5. The third-order valence-corrected chi connectivity index (χ3v) is 3.11. The highest BCUT2D eigenvalue weighted by Gasteiger charge is 2.07. The highest BCUT2D eigenvalue weighted by atomic mass is 15.1. The van der Waals surface area contributed by atoms with Gasteiger partial charge in [0.05, 0.1) is 0 Å². The molecule has 0 fully saturated rings. The van der Waals surface area contributed by atoms with Gasteiger partial charge in [-0.1, -0.05) is 43.7 Å². The van der Waals surface area contributed by atoms with Gasteiger partial charge in [0.1, 0.15) is 0 Å². The number of benzene rings is 1. The summed E-state index contributed by atoms with van der Waals surface area (Å²) in [6.45, 7) is 5.23. The molecule has 0 saturated heterocycles. The molecule has 90 valence electrons. The van der Waals surface area contributed by atoms with Crippen molar-refractivity contribution in [3.63, 3.8) is 0 Å². The van der Waals surface area contributed by atoms with E-state index in [1.807, 2.05) is 0 Å². The van der Waals surface area contributed by atoms with Gasteiger partial charge in [-0.25, -0.2) is 0 Å². The maximum Gasteiger partial charge on any atom is 0.00189 e. The first-order valence-electron chi connectivity index (χ1n) is 6.18. The van der Waals surface area contributed by atoms with E-state index in [0.717, 1.165) is 26.1 Å². The van der Waals surface area contributed by atoms with Crippen molar-refractivity contribution >= 4 is 0 Å². The summed E-state index contributed by atoms with van der Waals surface area (Å²) < 4.78 is 0. The molecule has 0 heterocycles. The molecule has 1 unspecified atom stereocenters. The summed E-state index contributed by atoms with van der Waals surface area (Å²) in [6, 6.07) is 10.6. The number of hydrogen-bond donors (Lipinski definition) is 1. The topological polar surface area (TPSA) is 29.3 Å². The second kappa shape index (κ2) is 7.42. The predicted molar refractivity (Wildman–Crippen MR) is 70.5 cm³/mol. The SMILES string of the molecule is CCC(CN)CN(C)CCc1ccccc1. The van der Waals surface area contributed by atoms with Crippen molar-refractivity contribution in [2.24, 2.45) is 11.7 Å². The van der Waals surface area contributed by atoms with E-state index in [9.17, 15) is 0 Å². The minimum absolute atomic E-state index is 0.640. The van der Waals surface area contributed by atoms with Crippen LogP contribution in [0.2, 0.25) is 0 Å². The van der Waals surface area contributed by atoms with Crippen molar-refractivity contribution in [2.75, 3.05) is 26.7 Å². The molecule has 0 aliphatic heterocycles. The molecule has 1 atom stereocenters. The molecule has 16 heavy (non-hydrogen) atoms. The average Bonchev–Trinajstić information content (AvgIpc) is 2.34. The van der Waals surface area contributed by atoms with Crippen LogP contribution in [-0.2, 0) is 6.42 Å². The third-order valence-electron chi connectivity index (χ3n) is 3.11. The van der Waals surface area contributed by atoms with Crippen LogP contribution < -0.4 is 5.73 Å². The maximum atomic E-state index is 5.71. The van der Waals surface area contributed by atoms with Crippen LogP contribution in [0.5, 0.6) is 0 Å². The highest BCUT2D eigenvalue weighted by molar-refractivity contribution is 5.14. The minimum atomic E-state index is 0.640. The van der Waals surface area contributed by atoms with Crippen LogP contribution in [0.4, 0.5) is 0 Å². The monoisotopic (exact) mass is 220 g/mol. The van der Waals surface area contributed by atoms with Gasteiger partial charge >= 0.3 is 0 Å². The Balaban J connectivity index is 2.27. The van der Waals surface area contributed by atoms with Gasteiger partial charge < -0.3 is 10.6 Å². The smallest absolute Gasteiger partial charge is 0.00189 e. The average molecular weight is 220 g/mol. The van der Waals surface area contributed by atoms with Crippen LogP contribution in [0, 0.1) is 5.92 Å². The number of rotatable bonds is 7. The summed E-state index contributed by atoms with van der Waals surface area (Å²) in [7, 11) is 2.18. The van der Waals surface area contributed by atoms with E-state index in [4.69, 9.17) is 5.73 Å². The fourth-order valence-electron chi connectivity index (χ4n) is 1.87. The fraction of sp³-hybridized carbons (Fsp3) is 0.571. The van der Waals surface area contributed by atoms with Gasteiger partial charge in [-0.05, 0) is 31.5 Å². The molecular formula is C14H24N2. The Labute approximate surface area is 99.5 Å². The maximum absolute atomic E-state index is 5.71. The summed E-state index contributed by atoms with van der Waals surface area (Å²) in [5.74, 6) is 0.640. The standard InChI is InChI=1S/C14H24N2/c1-3-13(11-15)12-16(2)10-9-14-7-5-4-6-8-14/h4-8,13H,3,9-12,15H2,1-2H3. The fourth-order valence-corrected chi connectivity index (χ4v) is 1.87. The molecule has 0 spiro atoms. The van der Waals surface area contributed by atoms with Crippen LogP contribution in [0.1, 0.15) is 18.9 Å². The van der Waals surface area contributed by atoms with Gasteiger partial charge in [0.2, 0.25) is 0 Å². The Bertz CT molecular complexity index is 267. The lowest BCUT2D eigenvalue weighted by molar-refractivity contribution is 0.277. The molecule has 0 radical (unpaired) electrons. The van der Waals surface area contributed by atoms with Gasteiger partial charge in [0, 0.05) is 13.1 Å². The van der Waals surface area contributed by atoms with E-state index in [-0.39, 0.29) is 0 Å². The quantitative estimate of drug-likeness (QED) is 0.763. The number of likely N-dealkylation sites (N-methyl/N-ethyl adjacent to an activating group) is 1. The first-order valence-corrected chi connectivity index (χ1v) is 6.18. The first-order chi connectivity index (χ1) is 7.76. The van der Waals surface area contributed by atoms with Crippen molar-refractivity contribution in [3.05, 3.63) is 35.9 Å². The van der Waals surface area contributed by atoms with E-state index in [1.165, 1.54) is 12.0 Å². The van der Waals surface area contributed by atoms with Gasteiger partial charge in [-0.15, -0.1) is 0 Å². The van der Waals surface area contributed by atoms with E-state index in [2.05, 4.69) is 49.2 Å². The summed E-state index contributed by atoms with van der Waals surface area (Å²) >= 11 is 0. The molecule has 1 aromatic carbocycles. The molecule has 0 aromatic heterocycles. The van der Waals surface area contributed by atoms with E-state index in [1.54, 1.807) is 0 Å². The van der Waals surface area contributed by atoms with Gasteiger partial charge in [0.15, 0.2) is 0 Å². The van der Waals surface area contributed by atoms with Crippen LogP contribution in [0.15, 0.2) is 30.3 Å². The van der Waals surface area contributed by atoms with Crippen molar-refractivity contribution in [3.8, 4) is 0 Å². The Morgan fingerprint density at radius 3 is 2.50 bits per heavy atom. The molecule has 2 N–H and O–H groups in total. The van der Waals surface area contributed by atoms with Crippen molar-refractivity contribution in [2.45, 2.75) is 19.8 Å². The lowest BCUT2D eigenvalue weighted by Crippen LogP contribution is -2.31. The predicted octanol–water partition coefficient (Wildman–Crippen LogP) is 2.15. The number of nitrogens with two attached hydrogens (primary N) is 1. The van der Waals surface area contributed by atoms with Crippen molar-refractivity contribution in [1.82, 2.24) is 4.90 Å². The van der Waals surface area contributed by atoms with Crippen LogP contribution >= 0.6 is 0 Å². The Kier molecular flexibility index (Phi) is 6.12. The van der Waals surface area contributed by atoms with E-state index < -0.39 is 0 Å². The highest BCUT2D eigenvalue weighted by Crippen LogP contribution is 2.04. The Morgan fingerprint density at radius 1 is 1.25 bits per heavy atom. The summed E-state index contributed by atoms with van der Waals surface area (Å²) in [4.78, 5) is 2.38. The largest absolute Gasteiger partial charge is 0.330 e. The van der Waals surface area contributed by atoms with E-state index >= 15 is 0 Å².